The van der Waals surface area contributed by atoms with Crippen LogP contribution in [0.4, 0.5) is 11.4 Å². The molecule has 59 heavy (non-hydrogen) atoms. The second-order valence-corrected chi connectivity index (χ2v) is 18.9. The van der Waals surface area contributed by atoms with Gasteiger partial charge in [0.05, 0.1) is 15.2 Å². The van der Waals surface area contributed by atoms with Crippen molar-refractivity contribution in [2.24, 2.45) is 0 Å². The molecule has 0 saturated carbocycles. The van der Waals surface area contributed by atoms with Crippen LogP contribution in [-0.4, -0.2) is 85.5 Å². The fraction of sp³-hybridized carbons (Fsp3) is 0.395. The molecule has 3 heterocycles. The average Bonchev–Trinajstić information content (AvgIpc) is 3.66. The summed E-state index contributed by atoms with van der Waals surface area (Å²) >= 11 is 0. The monoisotopic (exact) mass is 868 g/mol. The molecule has 3 aliphatic heterocycles. The SMILES string of the molecule is C[N+]1=C(/C=C/C2=CC(=C\C=C3/N(CCCCCC(=O)NCCN4C(=O)C=CC4=O)c4ccc(S(=O)(=O)[O-])cc4C3(C)C)/CCC2)C(C)(C)c2cc(S(=O)(=O)[O-])ccc21.[K+]. The van der Waals surface area contributed by atoms with Gasteiger partial charge in [-0.1, -0.05) is 38.5 Å². The number of hydrogen-bond acceptors (Lipinski definition) is 10. The Hall–Kier alpha value is -3.32. The van der Waals surface area contributed by atoms with Crippen molar-refractivity contribution in [3.05, 3.63) is 107 Å². The molecule has 1 N–H and O–H groups in total. The van der Waals surface area contributed by atoms with Gasteiger partial charge in [-0.25, -0.2) is 16.8 Å². The standard InChI is InChI=1S/C43H50N4O9S2.K/c1-42(2)33-27-31(57(51,52)53)15-17-35(33)45(5)37(42)19-13-29-10-9-11-30(26-29)14-20-38-43(3,4)34-28-32(58(54,55)56)16-18-36(34)46(38)24-8-6-7-12-39(48)44-23-25-47-40(49)21-22-41(47)50;/h13-22,26-28H,6-12,23-25H2,1-5H3,(H2-,44,48,51,52,53,54,55,56);/q;+1/p-1. The van der Waals surface area contributed by atoms with Crippen molar-refractivity contribution in [3.8, 4) is 0 Å². The van der Waals surface area contributed by atoms with Gasteiger partial charge in [-0.05, 0) is 99.1 Å². The fourth-order valence-corrected chi connectivity index (χ4v) is 9.31. The third kappa shape index (κ3) is 10.2. The minimum absolute atomic E-state index is 0. The normalized spacial score (nSPS) is 19.8. The summed E-state index contributed by atoms with van der Waals surface area (Å²) in [5.74, 6) is -0.943. The van der Waals surface area contributed by atoms with E-state index in [0.29, 0.717) is 13.0 Å². The predicted molar refractivity (Wildman–Crippen MR) is 218 cm³/mol. The second kappa shape index (κ2) is 18.3. The smallest absolute Gasteiger partial charge is 0.744 e. The van der Waals surface area contributed by atoms with Crippen molar-refractivity contribution in [3.63, 3.8) is 0 Å². The Morgan fingerprint density at radius 1 is 0.814 bits per heavy atom. The molecule has 0 fully saturated rings. The third-order valence-corrected chi connectivity index (χ3v) is 13.2. The van der Waals surface area contributed by atoms with Gasteiger partial charge in [0, 0.05) is 72.7 Å². The van der Waals surface area contributed by atoms with Crippen molar-refractivity contribution in [2.75, 3.05) is 31.6 Å². The average molecular weight is 869 g/mol. The van der Waals surface area contributed by atoms with Crippen LogP contribution < -0.4 is 61.6 Å². The number of fused-ring (bicyclic) bond motifs is 2. The van der Waals surface area contributed by atoms with Crippen LogP contribution in [0.5, 0.6) is 0 Å². The van der Waals surface area contributed by atoms with E-state index in [0.717, 1.165) is 82.1 Å². The molecule has 0 unspecified atom stereocenters. The third-order valence-electron chi connectivity index (χ3n) is 11.5. The van der Waals surface area contributed by atoms with E-state index in [4.69, 9.17) is 0 Å². The van der Waals surface area contributed by atoms with Gasteiger partial charge in [0.25, 0.3) is 11.8 Å². The zero-order valence-electron chi connectivity index (χ0n) is 34.4. The first-order valence-electron chi connectivity index (χ1n) is 19.4. The quantitative estimate of drug-likeness (QED) is 0.0972. The van der Waals surface area contributed by atoms with Gasteiger partial charge >= 0.3 is 51.4 Å². The molecule has 0 atom stereocenters. The molecule has 0 aromatic heterocycles. The van der Waals surface area contributed by atoms with Gasteiger partial charge in [0.1, 0.15) is 27.3 Å². The Morgan fingerprint density at radius 3 is 2.12 bits per heavy atom. The molecule has 4 aliphatic rings. The summed E-state index contributed by atoms with van der Waals surface area (Å²) in [6.45, 7) is 8.93. The van der Waals surface area contributed by atoms with Crippen LogP contribution in [-0.2, 0) is 45.4 Å². The summed E-state index contributed by atoms with van der Waals surface area (Å²) in [4.78, 5) is 38.6. The number of nitrogens with one attached hydrogen (secondary N) is 1. The van der Waals surface area contributed by atoms with Crippen LogP contribution >= 0.6 is 0 Å². The van der Waals surface area contributed by atoms with E-state index in [9.17, 15) is 40.3 Å². The van der Waals surface area contributed by atoms with Gasteiger partial charge < -0.3 is 19.3 Å². The van der Waals surface area contributed by atoms with Crippen molar-refractivity contribution in [1.82, 2.24) is 10.2 Å². The Balaban J connectivity index is 0.00000661. The molecule has 3 amide bonds. The molecular formula is C43H49KN4O9S2. The van der Waals surface area contributed by atoms with Crippen LogP contribution in [0.25, 0.3) is 0 Å². The number of carbonyl (C=O) groups excluding carboxylic acids is 3. The van der Waals surface area contributed by atoms with Crippen molar-refractivity contribution in [1.29, 1.82) is 0 Å². The zero-order valence-corrected chi connectivity index (χ0v) is 39.2. The molecule has 1 aliphatic carbocycles. The summed E-state index contributed by atoms with van der Waals surface area (Å²) in [5.41, 5.74) is 6.17. The zero-order chi connectivity index (χ0) is 42.2. The van der Waals surface area contributed by atoms with E-state index in [1.54, 1.807) is 12.1 Å². The van der Waals surface area contributed by atoms with E-state index >= 15 is 0 Å². The molecular weight excluding hydrogens is 820 g/mol. The Bertz CT molecular complexity index is 2460. The van der Waals surface area contributed by atoms with Gasteiger partial charge in [-0.3, -0.25) is 19.3 Å². The maximum absolute atomic E-state index is 12.5. The molecule has 2 aromatic rings. The molecule has 0 radical (unpaired) electrons. The minimum atomic E-state index is -4.67. The number of imide groups is 1. The number of nitrogens with zero attached hydrogens (tertiary/aromatic N) is 3. The van der Waals surface area contributed by atoms with Crippen molar-refractivity contribution in [2.45, 2.75) is 93.3 Å². The second-order valence-electron chi connectivity index (χ2n) is 16.1. The van der Waals surface area contributed by atoms with Gasteiger partial charge in [-0.15, -0.1) is 0 Å². The molecule has 16 heteroatoms. The van der Waals surface area contributed by atoms with Crippen molar-refractivity contribution >= 4 is 55.0 Å². The van der Waals surface area contributed by atoms with Crippen LogP contribution in [0, 0.1) is 0 Å². The predicted octanol–water partition coefficient (Wildman–Crippen LogP) is 2.38. The Morgan fingerprint density at radius 2 is 1.46 bits per heavy atom. The molecule has 0 saturated heterocycles. The number of unbranched alkanes of at least 4 members (excludes halogenated alkanes) is 2. The van der Waals surface area contributed by atoms with Crippen LogP contribution in [0.3, 0.4) is 0 Å². The summed E-state index contributed by atoms with van der Waals surface area (Å²) < 4.78 is 73.3. The number of amides is 3. The maximum atomic E-state index is 12.5. The topological polar surface area (TPSA) is 187 Å². The van der Waals surface area contributed by atoms with Gasteiger partial charge in [-0.2, -0.15) is 4.58 Å². The van der Waals surface area contributed by atoms with E-state index in [2.05, 4.69) is 40.6 Å². The molecule has 2 aromatic carbocycles. The number of anilines is 1. The molecule has 13 nitrogen and oxygen atoms in total. The van der Waals surface area contributed by atoms with E-state index in [1.165, 1.54) is 36.4 Å². The van der Waals surface area contributed by atoms with Crippen molar-refractivity contribution < 1.29 is 96.3 Å². The van der Waals surface area contributed by atoms with Crippen LogP contribution in [0.1, 0.15) is 83.8 Å². The first kappa shape index (κ1) is 46.7. The summed E-state index contributed by atoms with van der Waals surface area (Å²) in [7, 11) is -7.34. The van der Waals surface area contributed by atoms with Gasteiger partial charge in [0.15, 0.2) is 5.71 Å². The first-order valence-corrected chi connectivity index (χ1v) is 22.2. The van der Waals surface area contributed by atoms with E-state index < -0.39 is 31.1 Å². The molecule has 0 spiro atoms. The number of carbonyl (C=O) groups is 3. The number of benzene rings is 2. The Kier molecular flexibility index (Phi) is 14.5. The van der Waals surface area contributed by atoms with Crippen LogP contribution in [0.2, 0.25) is 0 Å². The molecule has 308 valence electrons. The Labute approximate surface area is 389 Å². The van der Waals surface area contributed by atoms with Gasteiger partial charge in [0.2, 0.25) is 11.6 Å². The van der Waals surface area contributed by atoms with Crippen LogP contribution in [0.15, 0.2) is 106 Å². The summed E-state index contributed by atoms with van der Waals surface area (Å²) in [6.07, 6.45) is 17.9. The number of allylic oxidation sites excluding steroid dienone is 8. The fourth-order valence-electron chi connectivity index (χ4n) is 8.32. The summed E-state index contributed by atoms with van der Waals surface area (Å²) in [6, 6.07) is 9.01. The summed E-state index contributed by atoms with van der Waals surface area (Å²) in [5, 5.41) is 2.77. The largest absolute Gasteiger partial charge is 1.00 e. The van der Waals surface area contributed by atoms with E-state index in [1.807, 2.05) is 39.3 Å². The number of rotatable bonds is 14. The minimum Gasteiger partial charge on any atom is -0.744 e. The first-order chi connectivity index (χ1) is 27.2. The maximum Gasteiger partial charge on any atom is 1.00 e. The number of hydrogen-bond donors (Lipinski definition) is 1. The molecule has 6 rings (SSSR count). The molecule has 0 bridgehead atoms. The van der Waals surface area contributed by atoms with E-state index in [-0.39, 0.29) is 98.4 Å².